The number of rotatable bonds is 2. The van der Waals surface area contributed by atoms with Crippen LogP contribution in [0.25, 0.3) is 22.5 Å². The van der Waals surface area contributed by atoms with Gasteiger partial charge in [0.05, 0.1) is 6.20 Å². The third kappa shape index (κ3) is 2.61. The molecule has 0 aliphatic carbocycles. The van der Waals surface area contributed by atoms with Gasteiger partial charge in [-0.1, -0.05) is 60.1 Å². The summed E-state index contributed by atoms with van der Waals surface area (Å²) in [7, 11) is 0. The molecule has 0 aliphatic rings. The lowest BCUT2D eigenvalue weighted by Gasteiger charge is -2.04. The zero-order chi connectivity index (χ0) is 13.1. The molecule has 4 heteroatoms. The number of aromatic nitrogens is 3. The van der Waals surface area contributed by atoms with Gasteiger partial charge in [-0.2, -0.15) is 5.10 Å². The van der Waals surface area contributed by atoms with E-state index in [0.29, 0.717) is 11.0 Å². The Morgan fingerprint density at radius 1 is 0.789 bits per heavy atom. The highest BCUT2D eigenvalue weighted by molar-refractivity contribution is 6.29. The predicted molar refractivity (Wildman–Crippen MR) is 75.7 cm³/mol. The Balaban J connectivity index is 2.06. The standard InChI is InChI=1S/C15H10ClN3/c16-14-10-17-19-15(18-14)13-8-4-7-12(9-13)11-5-2-1-3-6-11/h1-10H. The van der Waals surface area contributed by atoms with Crippen molar-refractivity contribution in [2.24, 2.45) is 0 Å². The van der Waals surface area contributed by atoms with Crippen LogP contribution < -0.4 is 0 Å². The summed E-state index contributed by atoms with van der Waals surface area (Å²) in [5, 5.41) is 8.16. The maximum atomic E-state index is 5.84. The first-order chi connectivity index (χ1) is 9.33. The molecule has 1 heterocycles. The van der Waals surface area contributed by atoms with E-state index in [4.69, 9.17) is 11.6 Å². The fraction of sp³-hybridized carbons (Fsp3) is 0. The van der Waals surface area contributed by atoms with E-state index in [1.54, 1.807) is 0 Å². The third-order valence-electron chi connectivity index (χ3n) is 2.76. The molecule has 0 aliphatic heterocycles. The summed E-state index contributed by atoms with van der Waals surface area (Å²) in [5.74, 6) is 0.533. The van der Waals surface area contributed by atoms with Crippen LogP contribution in [0.5, 0.6) is 0 Å². The normalized spacial score (nSPS) is 10.4. The van der Waals surface area contributed by atoms with Crippen molar-refractivity contribution in [1.29, 1.82) is 0 Å². The average molecular weight is 268 g/mol. The molecule has 92 valence electrons. The van der Waals surface area contributed by atoms with Gasteiger partial charge in [-0.3, -0.25) is 0 Å². The molecule has 3 aromatic rings. The molecule has 0 unspecified atom stereocenters. The van der Waals surface area contributed by atoms with Crippen LogP contribution in [0, 0.1) is 0 Å². The lowest BCUT2D eigenvalue weighted by atomic mass is 10.0. The van der Waals surface area contributed by atoms with Crippen molar-refractivity contribution in [3.8, 4) is 22.5 Å². The van der Waals surface area contributed by atoms with Crippen LogP contribution >= 0.6 is 11.6 Å². The molecule has 0 radical (unpaired) electrons. The SMILES string of the molecule is Clc1cnnc(-c2cccc(-c3ccccc3)c2)n1. The van der Waals surface area contributed by atoms with E-state index in [0.717, 1.165) is 16.7 Å². The van der Waals surface area contributed by atoms with Crippen molar-refractivity contribution in [3.05, 3.63) is 65.9 Å². The fourth-order valence-corrected chi connectivity index (χ4v) is 2.00. The van der Waals surface area contributed by atoms with Crippen LogP contribution in [0.15, 0.2) is 60.8 Å². The molecule has 19 heavy (non-hydrogen) atoms. The van der Waals surface area contributed by atoms with Crippen molar-refractivity contribution in [1.82, 2.24) is 15.2 Å². The minimum absolute atomic E-state index is 0.343. The van der Waals surface area contributed by atoms with Crippen LogP contribution in [-0.4, -0.2) is 15.2 Å². The number of hydrogen-bond donors (Lipinski definition) is 0. The van der Waals surface area contributed by atoms with E-state index in [1.807, 2.05) is 36.4 Å². The van der Waals surface area contributed by atoms with Crippen LogP contribution in [0.3, 0.4) is 0 Å². The minimum atomic E-state index is 0.343. The smallest absolute Gasteiger partial charge is 0.183 e. The Kier molecular flexibility index (Phi) is 3.21. The van der Waals surface area contributed by atoms with Crippen molar-refractivity contribution in [2.45, 2.75) is 0 Å². The van der Waals surface area contributed by atoms with E-state index < -0.39 is 0 Å². The van der Waals surface area contributed by atoms with Gasteiger partial charge in [-0.25, -0.2) is 4.98 Å². The van der Waals surface area contributed by atoms with Crippen molar-refractivity contribution in [3.63, 3.8) is 0 Å². The predicted octanol–water partition coefficient (Wildman–Crippen LogP) is 3.86. The van der Waals surface area contributed by atoms with Gasteiger partial charge in [0.2, 0.25) is 0 Å². The highest BCUT2D eigenvalue weighted by Crippen LogP contribution is 2.24. The molecular formula is C15H10ClN3. The van der Waals surface area contributed by atoms with Crippen LogP contribution in [0.1, 0.15) is 0 Å². The van der Waals surface area contributed by atoms with Crippen molar-refractivity contribution in [2.75, 3.05) is 0 Å². The molecule has 3 rings (SSSR count). The maximum Gasteiger partial charge on any atom is 0.183 e. The van der Waals surface area contributed by atoms with Gasteiger partial charge >= 0.3 is 0 Å². The van der Waals surface area contributed by atoms with Gasteiger partial charge in [0, 0.05) is 5.56 Å². The van der Waals surface area contributed by atoms with E-state index in [-0.39, 0.29) is 0 Å². The second-order valence-corrected chi connectivity index (χ2v) is 4.44. The number of hydrogen-bond acceptors (Lipinski definition) is 3. The Morgan fingerprint density at radius 3 is 2.32 bits per heavy atom. The zero-order valence-electron chi connectivity index (χ0n) is 9.99. The fourth-order valence-electron chi connectivity index (χ4n) is 1.87. The average Bonchev–Trinajstić information content (AvgIpc) is 2.48. The number of halogens is 1. The molecule has 0 fully saturated rings. The molecule has 0 atom stereocenters. The zero-order valence-corrected chi connectivity index (χ0v) is 10.7. The first kappa shape index (κ1) is 11.8. The lowest BCUT2D eigenvalue weighted by molar-refractivity contribution is 0.980. The van der Waals surface area contributed by atoms with Crippen molar-refractivity contribution < 1.29 is 0 Å². The lowest BCUT2D eigenvalue weighted by Crippen LogP contribution is -1.92. The van der Waals surface area contributed by atoms with E-state index in [9.17, 15) is 0 Å². The summed E-state index contributed by atoms with van der Waals surface area (Å²) < 4.78 is 0. The van der Waals surface area contributed by atoms with Crippen LogP contribution in [0.2, 0.25) is 5.15 Å². The first-order valence-corrected chi connectivity index (χ1v) is 6.22. The Labute approximate surface area is 115 Å². The van der Waals surface area contributed by atoms with Crippen molar-refractivity contribution >= 4 is 11.6 Å². The summed E-state index contributed by atoms with van der Waals surface area (Å²) in [6, 6.07) is 18.2. The Bertz CT molecular complexity index is 699. The minimum Gasteiger partial charge on any atom is -0.213 e. The summed E-state index contributed by atoms with van der Waals surface area (Å²) in [6.07, 6.45) is 1.42. The third-order valence-corrected chi connectivity index (χ3v) is 2.94. The molecule has 2 aromatic carbocycles. The van der Waals surface area contributed by atoms with Gasteiger partial charge in [0.1, 0.15) is 0 Å². The number of nitrogens with zero attached hydrogens (tertiary/aromatic N) is 3. The first-order valence-electron chi connectivity index (χ1n) is 5.84. The maximum absolute atomic E-state index is 5.84. The summed E-state index contributed by atoms with van der Waals surface area (Å²) in [6.45, 7) is 0. The highest BCUT2D eigenvalue weighted by atomic mass is 35.5. The molecule has 3 nitrogen and oxygen atoms in total. The summed E-state index contributed by atoms with van der Waals surface area (Å²) in [5.41, 5.74) is 3.16. The number of benzene rings is 2. The molecule has 0 N–H and O–H groups in total. The Hall–Kier alpha value is -2.26. The second-order valence-electron chi connectivity index (χ2n) is 4.05. The van der Waals surface area contributed by atoms with E-state index in [2.05, 4.69) is 33.4 Å². The molecule has 0 saturated heterocycles. The van der Waals surface area contributed by atoms with Gasteiger partial charge in [-0.15, -0.1) is 5.10 Å². The molecule has 0 spiro atoms. The second kappa shape index (κ2) is 5.16. The van der Waals surface area contributed by atoms with Gasteiger partial charge in [0.15, 0.2) is 11.0 Å². The highest BCUT2D eigenvalue weighted by Gasteiger charge is 2.04. The van der Waals surface area contributed by atoms with Gasteiger partial charge < -0.3 is 0 Å². The largest absolute Gasteiger partial charge is 0.213 e. The monoisotopic (exact) mass is 267 g/mol. The Morgan fingerprint density at radius 2 is 1.53 bits per heavy atom. The van der Waals surface area contributed by atoms with E-state index >= 15 is 0 Å². The van der Waals surface area contributed by atoms with E-state index in [1.165, 1.54) is 6.20 Å². The van der Waals surface area contributed by atoms with Crippen LogP contribution in [0.4, 0.5) is 0 Å². The molecular weight excluding hydrogens is 258 g/mol. The topological polar surface area (TPSA) is 38.7 Å². The summed E-state index contributed by atoms with van der Waals surface area (Å²) >= 11 is 5.84. The molecule has 0 saturated carbocycles. The van der Waals surface area contributed by atoms with Crippen LogP contribution in [-0.2, 0) is 0 Å². The molecule has 0 amide bonds. The molecule has 0 bridgehead atoms. The quantitative estimate of drug-likeness (QED) is 0.708. The molecule has 1 aromatic heterocycles. The van der Waals surface area contributed by atoms with Gasteiger partial charge in [-0.05, 0) is 17.2 Å². The van der Waals surface area contributed by atoms with Gasteiger partial charge in [0.25, 0.3) is 0 Å². The summed E-state index contributed by atoms with van der Waals surface area (Å²) in [4.78, 5) is 4.17.